The third-order valence-corrected chi connectivity index (χ3v) is 16.8. The number of hydrogen-bond donors (Lipinski definition) is 2. The largest absolute Gasteiger partial charge is 0.494 e. The zero-order valence-corrected chi connectivity index (χ0v) is 47.7. The number of aromatic nitrogens is 1. The Hall–Kier alpha value is -4.68. The number of aliphatic hydroxyl groups is 2. The molecule has 15 atom stereocenters. The summed E-state index contributed by atoms with van der Waals surface area (Å²) in [5.74, 6) is -4.15. The third-order valence-electron chi connectivity index (χ3n) is 16.8. The Morgan fingerprint density at radius 1 is 1.00 bits per heavy atom. The Morgan fingerprint density at radius 2 is 1.72 bits per heavy atom. The van der Waals surface area contributed by atoms with Crippen molar-refractivity contribution in [2.24, 2.45) is 29.6 Å². The van der Waals surface area contributed by atoms with Gasteiger partial charge in [0, 0.05) is 81.7 Å². The maximum absolute atomic E-state index is 14.5. The molecule has 1 unspecified atom stereocenters. The highest BCUT2D eigenvalue weighted by atomic mass is 16.7. The average molecular weight is 1060 g/mol. The molecule has 0 radical (unpaired) electrons. The quantitative estimate of drug-likeness (QED) is 0.0817. The lowest BCUT2D eigenvalue weighted by molar-refractivity contribution is -0.278. The van der Waals surface area contributed by atoms with Crippen LogP contribution in [0.25, 0.3) is 10.9 Å². The molecule has 0 saturated carbocycles. The highest BCUT2D eigenvalue weighted by molar-refractivity contribution is 6.06. The van der Waals surface area contributed by atoms with Crippen LogP contribution in [-0.4, -0.2) is 143 Å². The van der Waals surface area contributed by atoms with Crippen LogP contribution in [0.1, 0.15) is 133 Å². The van der Waals surface area contributed by atoms with E-state index in [0.717, 1.165) is 54.7 Å². The van der Waals surface area contributed by atoms with E-state index in [-0.39, 0.29) is 43.6 Å². The van der Waals surface area contributed by atoms with Crippen LogP contribution < -0.4 is 4.74 Å². The zero-order valence-electron chi connectivity index (χ0n) is 47.7. The number of benzene rings is 1. The number of rotatable bonds is 18. The lowest BCUT2D eigenvalue weighted by atomic mass is 9.74. The molecule has 1 aromatic carbocycles. The lowest BCUT2D eigenvalue weighted by Gasteiger charge is -2.48. The normalized spacial score (nSPS) is 34.7. The van der Waals surface area contributed by atoms with Gasteiger partial charge in [-0.1, -0.05) is 46.6 Å². The SMILES string of the molecule is C=CC1=C(C)N([C@H](C)c2cnc3ccc(OCCCN(C)C[C@H]4CC(=C)O[C@@H](O[C@@H]5[C@@H](C)[C@H](OC6C[C@@](C)(OC)[C@@H](O)C(=C)O6)[C@@H](C)C(=O)O[C@H](CC)[C@@](C)(O)C(=O)[C@@H](C)C(=O)[C@H](C)C[C@@]5(C)OCC)C4)cc3c2)CC1. The number of fused-ring (bicyclic) bond motifs is 1. The third kappa shape index (κ3) is 13.6. The summed E-state index contributed by atoms with van der Waals surface area (Å²) in [6, 6.07) is 8.43. The maximum atomic E-state index is 14.5. The van der Waals surface area contributed by atoms with E-state index >= 15 is 0 Å². The Balaban J connectivity index is 1.20. The first-order valence-electron chi connectivity index (χ1n) is 27.5. The van der Waals surface area contributed by atoms with Gasteiger partial charge in [0.05, 0.1) is 53.6 Å². The van der Waals surface area contributed by atoms with Gasteiger partial charge in [-0.05, 0) is 129 Å². The summed E-state index contributed by atoms with van der Waals surface area (Å²) >= 11 is 0. The van der Waals surface area contributed by atoms with Crippen LogP contribution in [-0.2, 0) is 47.5 Å². The maximum Gasteiger partial charge on any atom is 0.311 e. The minimum absolute atomic E-state index is 0.0339. The number of carbonyl (C=O) groups excluding carboxylic acids is 3. The van der Waals surface area contributed by atoms with Crippen LogP contribution in [0.4, 0.5) is 0 Å². The molecule has 2 N–H and O–H groups in total. The van der Waals surface area contributed by atoms with Crippen molar-refractivity contribution in [1.82, 2.24) is 14.8 Å². The standard InChI is InChI=1S/C60H89N3O13/c1-17-44-23-25-63(40(44)9)41(10)46-29-45-30-47(21-22-48(45)61-33-46)70-26-20-24-62(15)34-43-27-36(5)72-50(28-43)76-56-38(7)53(75-51-32-58(12,69-16)55(66)42(11)73-51)39(8)57(67)74-49(18-2)60(14,68)54(65)37(6)52(64)35(4)31-59(56,13)71-19-3/h17,21-22,29-30,33,35,37-39,41,43,49-51,53,55-56,66,68H,1,5,11,18-20,23-28,31-32,34H2,2-4,6-10,12-16H3/t35-,37+,38+,39-,41-,43+,49-,50+,51?,53+,55+,56-,58-,59-,60-/m1/s1. The molecule has 1 aromatic heterocycles. The summed E-state index contributed by atoms with van der Waals surface area (Å²) in [4.78, 5) is 52.3. The number of carbonyl (C=O) groups is 3. The number of esters is 1. The van der Waals surface area contributed by atoms with Crippen molar-refractivity contribution in [3.05, 3.63) is 84.6 Å². The number of methoxy groups -OCH3 is 1. The number of Topliss-reactive ketones (excluding diaryl/α,β-unsaturated/α-hetero) is 2. The van der Waals surface area contributed by atoms with Gasteiger partial charge in [0.1, 0.15) is 35.1 Å². The van der Waals surface area contributed by atoms with Gasteiger partial charge in [0.2, 0.25) is 6.29 Å². The summed E-state index contributed by atoms with van der Waals surface area (Å²) < 4.78 is 51.3. The van der Waals surface area contributed by atoms with Gasteiger partial charge in [0.15, 0.2) is 17.7 Å². The molecule has 0 bridgehead atoms. The molecule has 2 aromatic rings. The first-order valence-corrected chi connectivity index (χ1v) is 27.5. The summed E-state index contributed by atoms with van der Waals surface area (Å²) in [5, 5.41) is 23.8. The molecule has 0 spiro atoms. The Kier molecular flexibility index (Phi) is 20.2. The number of hydrogen-bond acceptors (Lipinski definition) is 16. The monoisotopic (exact) mass is 1060 g/mol. The van der Waals surface area contributed by atoms with E-state index in [9.17, 15) is 24.6 Å². The van der Waals surface area contributed by atoms with E-state index in [1.54, 1.807) is 27.7 Å². The van der Waals surface area contributed by atoms with Crippen molar-refractivity contribution in [2.45, 2.75) is 181 Å². The van der Waals surface area contributed by atoms with E-state index in [0.29, 0.717) is 25.2 Å². The Labute approximate surface area is 452 Å². The predicted molar refractivity (Wildman–Crippen MR) is 291 cm³/mol. The molecule has 0 amide bonds. The van der Waals surface area contributed by atoms with Crippen LogP contribution in [0.5, 0.6) is 5.75 Å². The molecular weight excluding hydrogens is 971 g/mol. The van der Waals surface area contributed by atoms with Crippen molar-refractivity contribution in [3.63, 3.8) is 0 Å². The summed E-state index contributed by atoms with van der Waals surface area (Å²) in [6.45, 7) is 35.0. The second-order valence-corrected chi connectivity index (χ2v) is 22.7. The topological polar surface area (TPSA) is 185 Å². The first-order chi connectivity index (χ1) is 35.8. The van der Waals surface area contributed by atoms with E-state index in [4.69, 9.17) is 42.9 Å². The second-order valence-electron chi connectivity index (χ2n) is 22.7. The molecule has 5 heterocycles. The summed E-state index contributed by atoms with van der Waals surface area (Å²) in [7, 11) is 3.57. The zero-order chi connectivity index (χ0) is 56.0. The number of allylic oxidation sites excluding steroid dienone is 3. The fourth-order valence-corrected chi connectivity index (χ4v) is 12.2. The smallest absolute Gasteiger partial charge is 0.311 e. The van der Waals surface area contributed by atoms with Gasteiger partial charge in [-0.25, -0.2) is 0 Å². The van der Waals surface area contributed by atoms with Gasteiger partial charge in [-0.2, -0.15) is 0 Å². The van der Waals surface area contributed by atoms with Gasteiger partial charge >= 0.3 is 5.97 Å². The molecule has 6 rings (SSSR count). The van der Waals surface area contributed by atoms with Gasteiger partial charge in [-0.15, -0.1) is 0 Å². The van der Waals surface area contributed by atoms with Crippen molar-refractivity contribution < 1.29 is 62.5 Å². The second kappa shape index (κ2) is 25.4. The summed E-state index contributed by atoms with van der Waals surface area (Å²) in [6.07, 6.45) is 0.817. The molecule has 4 aliphatic heterocycles. The highest BCUT2D eigenvalue weighted by Gasteiger charge is 2.53. The van der Waals surface area contributed by atoms with E-state index in [1.165, 1.54) is 32.2 Å². The molecule has 0 aliphatic carbocycles. The molecule has 76 heavy (non-hydrogen) atoms. The number of nitrogens with zero attached hydrogens (tertiary/aromatic N) is 3. The van der Waals surface area contributed by atoms with Crippen molar-refractivity contribution in [2.75, 3.05) is 47.0 Å². The first kappa shape index (κ1) is 60.5. The van der Waals surface area contributed by atoms with E-state index < -0.39 is 95.0 Å². The van der Waals surface area contributed by atoms with Crippen LogP contribution in [0.15, 0.2) is 79.1 Å². The minimum atomic E-state index is -2.18. The molecule has 16 heteroatoms. The van der Waals surface area contributed by atoms with Crippen LogP contribution in [0, 0.1) is 29.6 Å². The van der Waals surface area contributed by atoms with E-state index in [1.807, 2.05) is 45.2 Å². The van der Waals surface area contributed by atoms with Gasteiger partial charge < -0.3 is 57.9 Å². The fraction of sp³-hybridized carbons (Fsp3) is 0.667. The van der Waals surface area contributed by atoms with Crippen molar-refractivity contribution in [1.29, 1.82) is 0 Å². The number of ketones is 2. The lowest BCUT2D eigenvalue weighted by Crippen LogP contribution is -2.58. The van der Waals surface area contributed by atoms with Crippen LogP contribution >= 0.6 is 0 Å². The van der Waals surface area contributed by atoms with Gasteiger partial charge in [0.25, 0.3) is 0 Å². The molecule has 4 aliphatic rings. The molecule has 3 saturated heterocycles. The van der Waals surface area contributed by atoms with Crippen molar-refractivity contribution in [3.8, 4) is 5.75 Å². The molecular formula is C60H89N3O13. The average Bonchev–Trinajstić information content (AvgIpc) is 3.76. The molecule has 16 nitrogen and oxygen atoms in total. The molecule has 3 fully saturated rings. The minimum Gasteiger partial charge on any atom is -0.494 e. The van der Waals surface area contributed by atoms with Crippen LogP contribution in [0.3, 0.4) is 0 Å². The number of aliphatic hydroxyl groups excluding tert-OH is 1. The predicted octanol–water partition coefficient (Wildman–Crippen LogP) is 9.18. The Morgan fingerprint density at radius 3 is 2.38 bits per heavy atom. The highest BCUT2D eigenvalue weighted by Crippen LogP contribution is 2.43. The van der Waals surface area contributed by atoms with E-state index in [2.05, 4.69) is 62.6 Å². The van der Waals surface area contributed by atoms with Crippen LogP contribution in [0.2, 0.25) is 0 Å². The summed E-state index contributed by atoms with van der Waals surface area (Å²) in [5.41, 5.74) is 0.0583. The number of ether oxygens (including phenoxy) is 8. The number of pyridine rings is 1. The number of cyclic esters (lactones) is 1. The Bertz CT molecular complexity index is 2440. The molecule has 422 valence electrons. The van der Waals surface area contributed by atoms with Crippen molar-refractivity contribution >= 4 is 28.4 Å². The fourth-order valence-electron chi connectivity index (χ4n) is 12.2. The van der Waals surface area contributed by atoms with Gasteiger partial charge in [-0.3, -0.25) is 19.4 Å².